The van der Waals surface area contributed by atoms with Crippen LogP contribution in [0.1, 0.15) is 19.3 Å². The highest BCUT2D eigenvalue weighted by atomic mass is 32.2. The van der Waals surface area contributed by atoms with Gasteiger partial charge in [-0.1, -0.05) is 12.2 Å². The van der Waals surface area contributed by atoms with Crippen molar-refractivity contribution in [3.63, 3.8) is 0 Å². The van der Waals surface area contributed by atoms with Crippen molar-refractivity contribution in [2.75, 3.05) is 24.6 Å². The van der Waals surface area contributed by atoms with Gasteiger partial charge in [0.15, 0.2) is 0 Å². The molecule has 68 valence electrons. The Morgan fingerprint density at radius 1 is 1.25 bits per heavy atom. The lowest BCUT2D eigenvalue weighted by Crippen LogP contribution is -2.40. The second kappa shape index (κ2) is 4.33. The number of allylic oxidation sites excluding steroid dienone is 1. The molecule has 0 N–H and O–H groups in total. The third-order valence-corrected chi connectivity index (χ3v) is 3.69. The van der Waals surface area contributed by atoms with Crippen LogP contribution in [0, 0.1) is 0 Å². The smallest absolute Gasteiger partial charge is 0.0278 e. The van der Waals surface area contributed by atoms with E-state index in [1.54, 1.807) is 0 Å². The molecule has 12 heavy (non-hydrogen) atoms. The molecule has 0 saturated carbocycles. The first-order chi connectivity index (χ1) is 5.97. The molecule has 0 aromatic heterocycles. The highest BCUT2D eigenvalue weighted by Gasteiger charge is 2.19. The Kier molecular flexibility index (Phi) is 3.12. The lowest BCUT2D eigenvalue weighted by molar-refractivity contribution is 0.235. The van der Waals surface area contributed by atoms with Crippen LogP contribution < -0.4 is 0 Å². The standard InChI is InChI=1S/C10H17NS/c1-2-4-10(5-3-1)11-6-8-12-9-7-11/h2,4,10H,1,3,5-9H2. The van der Waals surface area contributed by atoms with Gasteiger partial charge in [-0.3, -0.25) is 4.90 Å². The maximum atomic E-state index is 2.64. The molecule has 1 aliphatic carbocycles. The Balaban J connectivity index is 1.88. The highest BCUT2D eigenvalue weighted by molar-refractivity contribution is 7.99. The summed E-state index contributed by atoms with van der Waals surface area (Å²) < 4.78 is 0. The lowest BCUT2D eigenvalue weighted by Gasteiger charge is -2.33. The van der Waals surface area contributed by atoms with Crippen LogP contribution in [0.3, 0.4) is 0 Å². The van der Waals surface area contributed by atoms with Gasteiger partial charge in [0.1, 0.15) is 0 Å². The summed E-state index contributed by atoms with van der Waals surface area (Å²) in [5.41, 5.74) is 0. The van der Waals surface area contributed by atoms with Crippen molar-refractivity contribution in [2.45, 2.75) is 25.3 Å². The first-order valence-electron chi connectivity index (χ1n) is 4.95. The van der Waals surface area contributed by atoms with Crippen LogP contribution in [0.15, 0.2) is 12.2 Å². The second-order valence-corrected chi connectivity index (χ2v) is 4.80. The lowest BCUT2D eigenvalue weighted by atomic mass is 10.0. The van der Waals surface area contributed by atoms with Gasteiger partial charge in [0, 0.05) is 30.6 Å². The molecule has 1 aliphatic heterocycles. The average molecular weight is 183 g/mol. The van der Waals surface area contributed by atoms with Crippen molar-refractivity contribution < 1.29 is 0 Å². The van der Waals surface area contributed by atoms with Crippen LogP contribution >= 0.6 is 11.8 Å². The third-order valence-electron chi connectivity index (χ3n) is 2.74. The largest absolute Gasteiger partial charge is 0.295 e. The summed E-state index contributed by atoms with van der Waals surface area (Å²) in [4.78, 5) is 2.64. The molecule has 1 fully saturated rings. The number of thioether (sulfide) groups is 1. The quantitative estimate of drug-likeness (QED) is 0.573. The Morgan fingerprint density at radius 2 is 2.08 bits per heavy atom. The average Bonchev–Trinajstić information content (AvgIpc) is 2.21. The molecule has 0 radical (unpaired) electrons. The number of hydrogen-bond donors (Lipinski definition) is 0. The molecule has 1 heterocycles. The van der Waals surface area contributed by atoms with E-state index in [4.69, 9.17) is 0 Å². The first kappa shape index (κ1) is 8.64. The van der Waals surface area contributed by atoms with Gasteiger partial charge >= 0.3 is 0 Å². The Bertz CT molecular complexity index is 161. The third kappa shape index (κ3) is 2.05. The highest BCUT2D eigenvalue weighted by Crippen LogP contribution is 2.19. The topological polar surface area (TPSA) is 3.24 Å². The zero-order valence-electron chi connectivity index (χ0n) is 7.54. The van der Waals surface area contributed by atoms with Gasteiger partial charge in [0.25, 0.3) is 0 Å². The molecule has 0 spiro atoms. The van der Waals surface area contributed by atoms with Crippen LogP contribution in [0.5, 0.6) is 0 Å². The fraction of sp³-hybridized carbons (Fsp3) is 0.800. The van der Waals surface area contributed by atoms with Gasteiger partial charge in [-0.15, -0.1) is 0 Å². The summed E-state index contributed by atoms with van der Waals surface area (Å²) in [6.45, 7) is 2.61. The summed E-state index contributed by atoms with van der Waals surface area (Å²) in [7, 11) is 0. The van der Waals surface area contributed by atoms with Crippen molar-refractivity contribution in [1.29, 1.82) is 0 Å². The van der Waals surface area contributed by atoms with E-state index in [0.717, 1.165) is 6.04 Å². The molecule has 2 aliphatic rings. The molecule has 1 saturated heterocycles. The van der Waals surface area contributed by atoms with E-state index < -0.39 is 0 Å². The molecule has 1 atom stereocenters. The minimum absolute atomic E-state index is 0.777. The van der Waals surface area contributed by atoms with Crippen molar-refractivity contribution in [3.8, 4) is 0 Å². The van der Waals surface area contributed by atoms with Crippen molar-refractivity contribution in [2.24, 2.45) is 0 Å². The number of hydrogen-bond acceptors (Lipinski definition) is 2. The van der Waals surface area contributed by atoms with Crippen LogP contribution in [-0.4, -0.2) is 35.5 Å². The van der Waals surface area contributed by atoms with Crippen LogP contribution in [0.4, 0.5) is 0 Å². The zero-order valence-corrected chi connectivity index (χ0v) is 8.35. The predicted molar refractivity (Wildman–Crippen MR) is 55.7 cm³/mol. The zero-order chi connectivity index (χ0) is 8.23. The fourth-order valence-corrected chi connectivity index (χ4v) is 2.94. The van der Waals surface area contributed by atoms with E-state index in [1.165, 1.54) is 43.9 Å². The molecule has 1 nitrogen and oxygen atoms in total. The summed E-state index contributed by atoms with van der Waals surface area (Å²) in [5.74, 6) is 2.68. The van der Waals surface area contributed by atoms with Gasteiger partial charge in [0.05, 0.1) is 0 Å². The van der Waals surface area contributed by atoms with E-state index in [2.05, 4.69) is 28.8 Å². The van der Waals surface area contributed by atoms with Gasteiger partial charge in [-0.05, 0) is 19.3 Å². The minimum Gasteiger partial charge on any atom is -0.295 e. The van der Waals surface area contributed by atoms with Crippen LogP contribution in [0.2, 0.25) is 0 Å². The Labute approximate surface area is 79.2 Å². The van der Waals surface area contributed by atoms with Crippen LogP contribution in [0.25, 0.3) is 0 Å². The number of rotatable bonds is 1. The molecule has 0 amide bonds. The molecule has 0 bridgehead atoms. The van der Waals surface area contributed by atoms with E-state index in [9.17, 15) is 0 Å². The van der Waals surface area contributed by atoms with E-state index >= 15 is 0 Å². The van der Waals surface area contributed by atoms with E-state index in [0.29, 0.717) is 0 Å². The van der Waals surface area contributed by atoms with E-state index in [1.807, 2.05) is 0 Å². The Hall–Kier alpha value is 0.0500. The summed E-state index contributed by atoms with van der Waals surface area (Å²) in [5, 5.41) is 0. The molecular weight excluding hydrogens is 166 g/mol. The maximum absolute atomic E-state index is 2.64. The first-order valence-corrected chi connectivity index (χ1v) is 6.11. The summed E-state index contributed by atoms with van der Waals surface area (Å²) in [6, 6.07) is 0.777. The van der Waals surface area contributed by atoms with Gasteiger partial charge in [-0.25, -0.2) is 0 Å². The Morgan fingerprint density at radius 3 is 2.75 bits per heavy atom. The normalized spacial score (nSPS) is 32.2. The molecule has 1 unspecified atom stereocenters. The molecule has 2 heteroatoms. The van der Waals surface area contributed by atoms with E-state index in [-0.39, 0.29) is 0 Å². The van der Waals surface area contributed by atoms with Crippen molar-refractivity contribution in [1.82, 2.24) is 4.90 Å². The van der Waals surface area contributed by atoms with Crippen molar-refractivity contribution in [3.05, 3.63) is 12.2 Å². The van der Waals surface area contributed by atoms with Crippen LogP contribution in [-0.2, 0) is 0 Å². The molecule has 2 rings (SSSR count). The second-order valence-electron chi connectivity index (χ2n) is 3.57. The molecular formula is C10H17NS. The van der Waals surface area contributed by atoms with Crippen molar-refractivity contribution >= 4 is 11.8 Å². The SMILES string of the molecule is C1=CC(N2CCSCC2)CCC1. The van der Waals surface area contributed by atoms with Gasteiger partial charge in [-0.2, -0.15) is 11.8 Å². The summed E-state index contributed by atoms with van der Waals surface area (Å²) >= 11 is 2.10. The number of nitrogens with zero attached hydrogens (tertiary/aromatic N) is 1. The minimum atomic E-state index is 0.777. The van der Waals surface area contributed by atoms with Gasteiger partial charge < -0.3 is 0 Å². The summed E-state index contributed by atoms with van der Waals surface area (Å²) in [6.07, 6.45) is 8.86. The van der Waals surface area contributed by atoms with Gasteiger partial charge in [0.2, 0.25) is 0 Å². The maximum Gasteiger partial charge on any atom is 0.0278 e. The predicted octanol–water partition coefficient (Wildman–Crippen LogP) is 2.14. The molecule has 0 aromatic carbocycles. The monoisotopic (exact) mass is 183 g/mol. The molecule has 0 aromatic rings. The fourth-order valence-electron chi connectivity index (χ4n) is 2.01.